The van der Waals surface area contributed by atoms with Crippen molar-refractivity contribution in [1.82, 2.24) is 0 Å². The molecule has 4 heteroatoms. The zero-order valence-electron chi connectivity index (χ0n) is 8.41. The van der Waals surface area contributed by atoms with E-state index in [9.17, 15) is 0 Å². The van der Waals surface area contributed by atoms with Gasteiger partial charge in [-0.25, -0.2) is 0 Å². The molecule has 2 aromatic rings. The molecule has 0 fully saturated rings. The Hall–Kier alpha value is -2.36. The summed E-state index contributed by atoms with van der Waals surface area (Å²) in [5.74, 6) is 0.514. The van der Waals surface area contributed by atoms with Crippen LogP contribution in [0.1, 0.15) is 0 Å². The summed E-state index contributed by atoms with van der Waals surface area (Å²) in [6, 6.07) is 11.6. The Bertz CT molecular complexity index is 399. The summed E-state index contributed by atoms with van der Waals surface area (Å²) < 4.78 is 0. The maximum Gasteiger partial charge on any atom is 0.119 e. The first kappa shape index (κ1) is 11.7. The highest BCUT2D eigenvalue weighted by atomic mass is 16.3. The van der Waals surface area contributed by atoms with E-state index in [1.54, 1.807) is 6.07 Å². The van der Waals surface area contributed by atoms with Gasteiger partial charge in [0.1, 0.15) is 23.0 Å². The summed E-state index contributed by atoms with van der Waals surface area (Å²) >= 11 is 0. The average Bonchev–Trinajstić information content (AvgIpc) is 2.23. The van der Waals surface area contributed by atoms with Crippen LogP contribution in [0.5, 0.6) is 23.0 Å². The molecule has 0 saturated carbocycles. The second-order valence-electron chi connectivity index (χ2n) is 3.04. The largest absolute Gasteiger partial charge is 0.508 e. The number of aromatic hydroxyl groups is 4. The molecule has 4 N–H and O–H groups in total. The Labute approximate surface area is 92.7 Å². The molecule has 0 amide bonds. The van der Waals surface area contributed by atoms with E-state index in [0.29, 0.717) is 0 Å². The lowest BCUT2D eigenvalue weighted by Crippen LogP contribution is -1.61. The van der Waals surface area contributed by atoms with Crippen molar-refractivity contribution in [3.63, 3.8) is 0 Å². The standard InChI is InChI=1S/2C6H6O2/c7-5-1-2-6(8)4-3-5;7-5-2-1-3-6(8)4-5/h2*1-4,7-8H. The third kappa shape index (κ3) is 4.23. The monoisotopic (exact) mass is 220 g/mol. The molecule has 2 aromatic carbocycles. The van der Waals surface area contributed by atoms with Crippen molar-refractivity contribution in [3.8, 4) is 23.0 Å². The van der Waals surface area contributed by atoms with Gasteiger partial charge in [-0.15, -0.1) is 0 Å². The van der Waals surface area contributed by atoms with Crippen molar-refractivity contribution < 1.29 is 20.4 Å². The zero-order chi connectivity index (χ0) is 12.0. The van der Waals surface area contributed by atoms with Crippen LogP contribution >= 0.6 is 0 Å². The molecule has 0 aliphatic rings. The lowest BCUT2D eigenvalue weighted by molar-refractivity contribution is 0.450. The summed E-state index contributed by atoms with van der Waals surface area (Å²) in [7, 11) is 0. The van der Waals surface area contributed by atoms with Crippen LogP contribution in [0.4, 0.5) is 0 Å². The van der Waals surface area contributed by atoms with Gasteiger partial charge in [0.25, 0.3) is 0 Å². The van der Waals surface area contributed by atoms with Crippen LogP contribution < -0.4 is 0 Å². The van der Waals surface area contributed by atoms with Crippen LogP contribution in [0.3, 0.4) is 0 Å². The SMILES string of the molecule is Oc1ccc(O)cc1.Oc1cccc(O)c1. The number of rotatable bonds is 0. The van der Waals surface area contributed by atoms with Crippen LogP contribution in [-0.4, -0.2) is 20.4 Å². The van der Waals surface area contributed by atoms with E-state index < -0.39 is 0 Å². The quantitative estimate of drug-likeness (QED) is 0.513. The smallest absolute Gasteiger partial charge is 0.119 e. The molecule has 16 heavy (non-hydrogen) atoms. The van der Waals surface area contributed by atoms with Crippen LogP contribution in [-0.2, 0) is 0 Å². The maximum absolute atomic E-state index is 8.65. The third-order valence-corrected chi connectivity index (χ3v) is 1.68. The summed E-state index contributed by atoms with van der Waals surface area (Å²) in [6.45, 7) is 0. The van der Waals surface area contributed by atoms with Crippen molar-refractivity contribution in [2.75, 3.05) is 0 Å². The second kappa shape index (κ2) is 5.50. The fourth-order valence-electron chi connectivity index (χ4n) is 0.946. The molecule has 0 bridgehead atoms. The lowest BCUT2D eigenvalue weighted by Gasteiger charge is -1.89. The van der Waals surface area contributed by atoms with Crippen LogP contribution in [0.2, 0.25) is 0 Å². The minimum atomic E-state index is 0.0880. The van der Waals surface area contributed by atoms with Crippen LogP contribution in [0, 0.1) is 0 Å². The minimum absolute atomic E-state index is 0.0880. The summed E-state index contributed by atoms with van der Waals surface area (Å²) in [5, 5.41) is 34.6. The molecule has 0 radical (unpaired) electrons. The van der Waals surface area contributed by atoms with Gasteiger partial charge in [0.05, 0.1) is 0 Å². The molecule has 0 aliphatic carbocycles. The Morgan fingerprint density at radius 1 is 0.500 bits per heavy atom. The zero-order valence-corrected chi connectivity index (χ0v) is 8.41. The van der Waals surface area contributed by atoms with Crippen molar-refractivity contribution in [2.24, 2.45) is 0 Å². The van der Waals surface area contributed by atoms with Gasteiger partial charge >= 0.3 is 0 Å². The normalized spacial score (nSPS) is 9.00. The van der Waals surface area contributed by atoms with Gasteiger partial charge in [-0.3, -0.25) is 0 Å². The van der Waals surface area contributed by atoms with E-state index in [4.69, 9.17) is 20.4 Å². The highest BCUT2D eigenvalue weighted by molar-refractivity contribution is 5.30. The Morgan fingerprint density at radius 2 is 0.875 bits per heavy atom. The highest BCUT2D eigenvalue weighted by Gasteiger charge is 1.85. The van der Waals surface area contributed by atoms with Crippen LogP contribution in [0.25, 0.3) is 0 Å². The van der Waals surface area contributed by atoms with Crippen molar-refractivity contribution >= 4 is 0 Å². The first-order valence-corrected chi connectivity index (χ1v) is 4.54. The average molecular weight is 220 g/mol. The highest BCUT2D eigenvalue weighted by Crippen LogP contribution is 2.15. The fourth-order valence-corrected chi connectivity index (χ4v) is 0.946. The molecule has 0 unspecified atom stereocenters. The van der Waals surface area contributed by atoms with Gasteiger partial charge in [-0.1, -0.05) is 6.07 Å². The van der Waals surface area contributed by atoms with Crippen LogP contribution in [0.15, 0.2) is 48.5 Å². The Balaban J connectivity index is 0.000000160. The minimum Gasteiger partial charge on any atom is -0.508 e. The predicted molar refractivity (Wildman–Crippen MR) is 59.5 cm³/mol. The van der Waals surface area contributed by atoms with Gasteiger partial charge in [-0.2, -0.15) is 0 Å². The molecule has 84 valence electrons. The van der Waals surface area contributed by atoms with Crippen molar-refractivity contribution in [3.05, 3.63) is 48.5 Å². The van der Waals surface area contributed by atoms with Crippen molar-refractivity contribution in [1.29, 1.82) is 0 Å². The molecular weight excluding hydrogens is 208 g/mol. The molecule has 4 nitrogen and oxygen atoms in total. The predicted octanol–water partition coefficient (Wildman–Crippen LogP) is 2.20. The Kier molecular flexibility index (Phi) is 4.03. The molecule has 0 atom stereocenters. The van der Waals surface area contributed by atoms with E-state index in [2.05, 4.69) is 0 Å². The second-order valence-corrected chi connectivity index (χ2v) is 3.04. The summed E-state index contributed by atoms with van der Waals surface area (Å²) in [4.78, 5) is 0. The number of phenolic OH excluding ortho intramolecular Hbond substituents is 4. The number of benzene rings is 2. The van der Waals surface area contributed by atoms with Gasteiger partial charge in [0.15, 0.2) is 0 Å². The first-order chi connectivity index (χ1) is 7.58. The lowest BCUT2D eigenvalue weighted by atomic mass is 10.3. The molecular formula is C12H12O4. The molecule has 0 aromatic heterocycles. The number of phenols is 4. The van der Waals surface area contributed by atoms with Crippen molar-refractivity contribution in [2.45, 2.75) is 0 Å². The maximum atomic E-state index is 8.65. The summed E-state index contributed by atoms with van der Waals surface area (Å²) in [6.07, 6.45) is 0. The van der Waals surface area contributed by atoms with E-state index in [-0.39, 0.29) is 23.0 Å². The fraction of sp³-hybridized carbons (Fsp3) is 0. The molecule has 0 spiro atoms. The number of hydrogen-bond donors (Lipinski definition) is 4. The van der Waals surface area contributed by atoms with Gasteiger partial charge < -0.3 is 20.4 Å². The van der Waals surface area contributed by atoms with Gasteiger partial charge in [-0.05, 0) is 36.4 Å². The van der Waals surface area contributed by atoms with E-state index >= 15 is 0 Å². The molecule has 0 saturated heterocycles. The molecule has 0 aliphatic heterocycles. The van der Waals surface area contributed by atoms with Gasteiger partial charge in [0, 0.05) is 6.07 Å². The summed E-state index contributed by atoms with van der Waals surface area (Å²) in [5.41, 5.74) is 0. The Morgan fingerprint density at radius 3 is 1.12 bits per heavy atom. The van der Waals surface area contributed by atoms with E-state index in [0.717, 1.165) is 0 Å². The molecule has 2 rings (SSSR count). The van der Waals surface area contributed by atoms with E-state index in [1.165, 1.54) is 42.5 Å². The van der Waals surface area contributed by atoms with E-state index in [1.807, 2.05) is 0 Å². The third-order valence-electron chi connectivity index (χ3n) is 1.68. The van der Waals surface area contributed by atoms with Gasteiger partial charge in [0.2, 0.25) is 0 Å². The first-order valence-electron chi connectivity index (χ1n) is 4.54. The molecule has 0 heterocycles. The topological polar surface area (TPSA) is 80.9 Å². The number of hydrogen-bond acceptors (Lipinski definition) is 4.